The van der Waals surface area contributed by atoms with Crippen LogP contribution in [0.3, 0.4) is 0 Å². The third kappa shape index (κ3) is 4.62. The second-order valence-electron chi connectivity index (χ2n) is 7.11. The lowest BCUT2D eigenvalue weighted by Crippen LogP contribution is -2.45. The van der Waals surface area contributed by atoms with E-state index in [-0.39, 0.29) is 24.8 Å². The van der Waals surface area contributed by atoms with Crippen LogP contribution in [0.2, 0.25) is 0 Å². The summed E-state index contributed by atoms with van der Waals surface area (Å²) in [7, 11) is 3.28. The number of carbonyl (C=O) groups excluding carboxylic acids is 3. The summed E-state index contributed by atoms with van der Waals surface area (Å²) in [4.78, 5) is 40.5. The topological polar surface area (TPSA) is 77.8 Å². The van der Waals surface area contributed by atoms with Crippen molar-refractivity contribution in [1.29, 1.82) is 0 Å². The highest BCUT2D eigenvalue weighted by Crippen LogP contribution is 2.25. The summed E-state index contributed by atoms with van der Waals surface area (Å²) in [6.45, 7) is 7.78. The number of hydrogen-bond acceptors (Lipinski definition) is 5. The molecular formula is C23H30N2O5. The van der Waals surface area contributed by atoms with Crippen molar-refractivity contribution >= 4 is 17.7 Å². The van der Waals surface area contributed by atoms with Crippen molar-refractivity contribution in [1.82, 2.24) is 9.47 Å². The molecule has 1 aromatic carbocycles. The summed E-state index contributed by atoms with van der Waals surface area (Å²) < 4.78 is 12.0. The highest BCUT2D eigenvalue weighted by molar-refractivity contribution is 6.07. The summed E-state index contributed by atoms with van der Waals surface area (Å²) >= 11 is 0. The van der Waals surface area contributed by atoms with Crippen LogP contribution in [0, 0.1) is 13.8 Å². The normalized spacial score (nSPS) is 11.8. The second-order valence-corrected chi connectivity index (χ2v) is 7.11. The zero-order valence-electron chi connectivity index (χ0n) is 18.5. The van der Waals surface area contributed by atoms with E-state index in [0.717, 1.165) is 0 Å². The van der Waals surface area contributed by atoms with E-state index in [1.165, 1.54) is 4.90 Å². The van der Waals surface area contributed by atoms with E-state index < -0.39 is 12.0 Å². The van der Waals surface area contributed by atoms with Crippen molar-refractivity contribution in [3.05, 3.63) is 58.4 Å². The Labute approximate surface area is 177 Å². The molecule has 0 aliphatic heterocycles. The van der Waals surface area contributed by atoms with E-state index in [4.69, 9.17) is 9.47 Å². The van der Waals surface area contributed by atoms with Gasteiger partial charge in [0.15, 0.2) is 5.78 Å². The summed E-state index contributed by atoms with van der Waals surface area (Å²) in [6, 6.07) is 8.10. The molecule has 7 nitrogen and oxygen atoms in total. The standard InChI is InChI=1S/C23H30N2O5/c1-7-30-23(28)20-15(2)19(16(3)24(20)5)21(26)17(4)25(13-14-29-6)22(27)18-11-9-8-10-12-18/h8-12,17H,7,13-14H2,1-6H3. The number of carbonyl (C=O) groups is 3. The molecule has 0 spiro atoms. The van der Waals surface area contributed by atoms with Gasteiger partial charge in [0.1, 0.15) is 5.69 Å². The maximum Gasteiger partial charge on any atom is 0.355 e. The molecule has 0 aliphatic carbocycles. The molecule has 1 heterocycles. The van der Waals surface area contributed by atoms with Gasteiger partial charge in [0, 0.05) is 37.5 Å². The van der Waals surface area contributed by atoms with Crippen LogP contribution in [-0.2, 0) is 16.5 Å². The molecule has 30 heavy (non-hydrogen) atoms. The molecular weight excluding hydrogens is 384 g/mol. The third-order valence-corrected chi connectivity index (χ3v) is 5.31. The average Bonchev–Trinajstić information content (AvgIpc) is 2.96. The second kappa shape index (κ2) is 10.2. The minimum atomic E-state index is -0.734. The van der Waals surface area contributed by atoms with Gasteiger partial charge in [0.25, 0.3) is 5.91 Å². The van der Waals surface area contributed by atoms with Crippen molar-refractivity contribution < 1.29 is 23.9 Å². The molecule has 0 saturated heterocycles. The van der Waals surface area contributed by atoms with E-state index in [2.05, 4.69) is 0 Å². The zero-order valence-corrected chi connectivity index (χ0v) is 18.5. The number of Topliss-reactive ketones (excluding diaryl/α,β-unsaturated/α-hetero) is 1. The Morgan fingerprint density at radius 1 is 1.13 bits per heavy atom. The van der Waals surface area contributed by atoms with Gasteiger partial charge in [-0.15, -0.1) is 0 Å². The molecule has 7 heteroatoms. The number of amides is 1. The third-order valence-electron chi connectivity index (χ3n) is 5.31. The molecule has 2 aromatic rings. The minimum Gasteiger partial charge on any atom is -0.461 e. The number of aromatic nitrogens is 1. The van der Waals surface area contributed by atoms with Crippen LogP contribution in [-0.4, -0.2) is 60.0 Å². The molecule has 0 aliphatic rings. The molecule has 0 fully saturated rings. The van der Waals surface area contributed by atoms with Gasteiger partial charge in [0.2, 0.25) is 0 Å². The van der Waals surface area contributed by atoms with Gasteiger partial charge < -0.3 is 18.9 Å². The highest BCUT2D eigenvalue weighted by atomic mass is 16.5. The Balaban J connectivity index is 2.43. The van der Waals surface area contributed by atoms with Crippen molar-refractivity contribution in [2.24, 2.45) is 7.05 Å². The number of esters is 1. The lowest BCUT2D eigenvalue weighted by Gasteiger charge is -2.28. The van der Waals surface area contributed by atoms with E-state index in [1.54, 1.807) is 70.7 Å². The first-order valence-corrected chi connectivity index (χ1v) is 9.98. The van der Waals surface area contributed by atoms with Crippen LogP contribution in [0.1, 0.15) is 56.3 Å². The van der Waals surface area contributed by atoms with Crippen molar-refractivity contribution in [2.45, 2.75) is 33.7 Å². The van der Waals surface area contributed by atoms with Gasteiger partial charge in [-0.1, -0.05) is 18.2 Å². The predicted molar refractivity (Wildman–Crippen MR) is 114 cm³/mol. The maximum atomic E-state index is 13.5. The van der Waals surface area contributed by atoms with E-state index in [0.29, 0.717) is 34.7 Å². The van der Waals surface area contributed by atoms with Gasteiger partial charge in [-0.25, -0.2) is 4.79 Å². The summed E-state index contributed by atoms with van der Waals surface area (Å²) in [5, 5.41) is 0. The zero-order chi connectivity index (χ0) is 22.4. The number of ether oxygens (including phenoxy) is 2. The lowest BCUT2D eigenvalue weighted by atomic mass is 9.99. The van der Waals surface area contributed by atoms with Crippen LogP contribution in [0.15, 0.2) is 30.3 Å². The quantitative estimate of drug-likeness (QED) is 0.465. The smallest absolute Gasteiger partial charge is 0.355 e. The maximum absolute atomic E-state index is 13.5. The fourth-order valence-corrected chi connectivity index (χ4v) is 3.59. The molecule has 0 radical (unpaired) electrons. The molecule has 1 aromatic heterocycles. The fourth-order valence-electron chi connectivity index (χ4n) is 3.59. The fraction of sp³-hybridized carbons (Fsp3) is 0.435. The molecule has 1 unspecified atom stereocenters. The lowest BCUT2D eigenvalue weighted by molar-refractivity contribution is 0.0513. The number of methoxy groups -OCH3 is 1. The summed E-state index contributed by atoms with van der Waals surface area (Å²) in [5.41, 5.74) is 2.51. The number of hydrogen-bond donors (Lipinski definition) is 0. The Bertz CT molecular complexity index is 917. The van der Waals surface area contributed by atoms with Gasteiger partial charge in [0.05, 0.1) is 19.3 Å². The molecule has 0 N–H and O–H groups in total. The molecule has 1 atom stereocenters. The highest BCUT2D eigenvalue weighted by Gasteiger charge is 2.32. The van der Waals surface area contributed by atoms with Crippen LogP contribution in [0.25, 0.3) is 0 Å². The van der Waals surface area contributed by atoms with Gasteiger partial charge in [-0.2, -0.15) is 0 Å². The van der Waals surface area contributed by atoms with E-state index >= 15 is 0 Å². The Hall–Kier alpha value is -2.93. The van der Waals surface area contributed by atoms with Gasteiger partial charge in [-0.05, 0) is 45.4 Å². The van der Waals surface area contributed by atoms with Gasteiger partial charge in [-0.3, -0.25) is 9.59 Å². The monoisotopic (exact) mass is 414 g/mol. The Morgan fingerprint density at radius 2 is 1.77 bits per heavy atom. The number of rotatable bonds is 9. The molecule has 0 bridgehead atoms. The first kappa shape index (κ1) is 23.3. The van der Waals surface area contributed by atoms with Crippen molar-refractivity contribution in [2.75, 3.05) is 26.9 Å². The SMILES string of the molecule is CCOC(=O)c1c(C)c(C(=O)C(C)N(CCOC)C(=O)c2ccccc2)c(C)n1C. The first-order valence-electron chi connectivity index (χ1n) is 9.98. The molecule has 1 amide bonds. The largest absolute Gasteiger partial charge is 0.461 e. The molecule has 2 rings (SSSR count). The van der Waals surface area contributed by atoms with Crippen LogP contribution in [0.4, 0.5) is 0 Å². The van der Waals surface area contributed by atoms with Crippen molar-refractivity contribution in [3.8, 4) is 0 Å². The van der Waals surface area contributed by atoms with Crippen LogP contribution < -0.4 is 0 Å². The number of ketones is 1. The van der Waals surface area contributed by atoms with E-state index in [9.17, 15) is 14.4 Å². The van der Waals surface area contributed by atoms with E-state index in [1.807, 2.05) is 6.07 Å². The van der Waals surface area contributed by atoms with Crippen molar-refractivity contribution in [3.63, 3.8) is 0 Å². The Kier molecular flexibility index (Phi) is 7.94. The number of benzene rings is 1. The molecule has 0 saturated carbocycles. The summed E-state index contributed by atoms with van der Waals surface area (Å²) in [6.07, 6.45) is 0. The average molecular weight is 415 g/mol. The number of nitrogens with zero attached hydrogens (tertiary/aromatic N) is 2. The minimum absolute atomic E-state index is 0.225. The summed E-state index contributed by atoms with van der Waals surface area (Å²) in [5.74, 6) is -0.939. The molecule has 162 valence electrons. The Morgan fingerprint density at radius 3 is 2.33 bits per heavy atom. The van der Waals surface area contributed by atoms with Crippen LogP contribution in [0.5, 0.6) is 0 Å². The predicted octanol–water partition coefficient (Wildman–Crippen LogP) is 3.18. The van der Waals surface area contributed by atoms with Gasteiger partial charge >= 0.3 is 5.97 Å². The van der Waals surface area contributed by atoms with Crippen LogP contribution >= 0.6 is 0 Å². The first-order chi connectivity index (χ1) is 14.3.